The Bertz CT molecular complexity index is 1690. The van der Waals surface area contributed by atoms with Crippen LogP contribution in [0.25, 0.3) is 6.08 Å². The average molecular weight is 546 g/mol. The number of rotatable bonds is 4. The number of nitrogens with zero attached hydrogens (tertiary/aromatic N) is 1. The van der Waals surface area contributed by atoms with E-state index in [1.807, 2.05) is 65.6 Å². The fraction of sp³-hybridized carbons (Fsp3) is 0.147. The molecule has 6 heteroatoms. The maximum absolute atomic E-state index is 14.6. The Balaban J connectivity index is 1.53. The van der Waals surface area contributed by atoms with E-state index in [9.17, 15) is 14.4 Å². The molecule has 0 aromatic heterocycles. The van der Waals surface area contributed by atoms with E-state index in [0.29, 0.717) is 27.5 Å². The molecule has 0 N–H and O–H groups in total. The number of hydrogen-bond acceptors (Lipinski definition) is 5. The SMILES string of the molecule is COc1ccc([C@H]2[C@H](C(=O)c3ccc(Cl)cc3)N3c4ccccc4C=CC3C23C(=O)c2ccccc2C3=O)cc1. The summed E-state index contributed by atoms with van der Waals surface area (Å²) < 4.78 is 5.40. The van der Waals surface area contributed by atoms with Crippen molar-refractivity contribution in [3.63, 3.8) is 0 Å². The molecule has 7 rings (SSSR count). The van der Waals surface area contributed by atoms with Gasteiger partial charge in [-0.1, -0.05) is 78.4 Å². The zero-order chi connectivity index (χ0) is 27.6. The fourth-order valence-electron chi connectivity index (χ4n) is 6.89. The van der Waals surface area contributed by atoms with Crippen molar-refractivity contribution >= 4 is 40.7 Å². The summed E-state index contributed by atoms with van der Waals surface area (Å²) in [6.45, 7) is 0. The highest BCUT2D eigenvalue weighted by Crippen LogP contribution is 2.61. The quantitative estimate of drug-likeness (QED) is 0.212. The van der Waals surface area contributed by atoms with E-state index in [1.54, 1.807) is 55.6 Å². The Hall–Kier alpha value is -4.48. The summed E-state index contributed by atoms with van der Waals surface area (Å²) in [6, 6.07) is 27.4. The van der Waals surface area contributed by atoms with E-state index in [2.05, 4.69) is 0 Å². The van der Waals surface area contributed by atoms with Crippen LogP contribution in [0.15, 0.2) is 103 Å². The lowest BCUT2D eigenvalue weighted by molar-refractivity contribution is 0.0666. The summed E-state index contributed by atoms with van der Waals surface area (Å²) in [6.07, 6.45) is 3.89. The molecular weight excluding hydrogens is 522 g/mol. The number of Topliss-reactive ketones (excluding diaryl/α,β-unsaturated/α-hetero) is 3. The Labute approximate surface area is 236 Å². The summed E-state index contributed by atoms with van der Waals surface area (Å²) in [5, 5.41) is 0.520. The number of carbonyl (C=O) groups excluding carboxylic acids is 3. The molecule has 196 valence electrons. The molecule has 0 amide bonds. The van der Waals surface area contributed by atoms with Crippen LogP contribution in [0.1, 0.15) is 48.1 Å². The van der Waals surface area contributed by atoms with Crippen LogP contribution in [-0.2, 0) is 0 Å². The maximum Gasteiger partial charge on any atom is 0.185 e. The summed E-state index contributed by atoms with van der Waals surface area (Å²) in [7, 11) is 1.58. The van der Waals surface area contributed by atoms with Gasteiger partial charge in [0.2, 0.25) is 0 Å². The molecule has 1 spiro atoms. The van der Waals surface area contributed by atoms with E-state index in [4.69, 9.17) is 16.3 Å². The molecule has 1 fully saturated rings. The van der Waals surface area contributed by atoms with Gasteiger partial charge in [-0.05, 0) is 53.6 Å². The predicted octanol–water partition coefficient (Wildman–Crippen LogP) is 6.66. The van der Waals surface area contributed by atoms with Crippen molar-refractivity contribution in [2.24, 2.45) is 5.41 Å². The van der Waals surface area contributed by atoms with E-state index in [0.717, 1.165) is 16.8 Å². The number of para-hydroxylation sites is 1. The highest BCUT2D eigenvalue weighted by atomic mass is 35.5. The predicted molar refractivity (Wildman–Crippen MR) is 155 cm³/mol. The van der Waals surface area contributed by atoms with Gasteiger partial charge in [0.15, 0.2) is 17.3 Å². The largest absolute Gasteiger partial charge is 0.497 e. The molecule has 3 atom stereocenters. The molecule has 4 aromatic carbocycles. The van der Waals surface area contributed by atoms with E-state index >= 15 is 0 Å². The van der Waals surface area contributed by atoms with Gasteiger partial charge in [0.05, 0.1) is 13.2 Å². The van der Waals surface area contributed by atoms with Crippen LogP contribution in [0.4, 0.5) is 5.69 Å². The Morgan fingerprint density at radius 3 is 2.10 bits per heavy atom. The second kappa shape index (κ2) is 9.04. The minimum Gasteiger partial charge on any atom is -0.497 e. The number of anilines is 1. The Morgan fingerprint density at radius 2 is 1.45 bits per heavy atom. The summed E-state index contributed by atoms with van der Waals surface area (Å²) in [4.78, 5) is 45.8. The molecule has 2 heterocycles. The lowest BCUT2D eigenvalue weighted by Gasteiger charge is -2.37. The molecule has 1 aliphatic carbocycles. The lowest BCUT2D eigenvalue weighted by atomic mass is 9.64. The molecule has 3 aliphatic rings. The highest BCUT2D eigenvalue weighted by Gasteiger charge is 2.71. The van der Waals surface area contributed by atoms with Crippen molar-refractivity contribution in [1.29, 1.82) is 0 Å². The molecule has 40 heavy (non-hydrogen) atoms. The molecule has 1 saturated heterocycles. The van der Waals surface area contributed by atoms with Crippen molar-refractivity contribution in [2.45, 2.75) is 18.0 Å². The number of fused-ring (bicyclic) bond motifs is 5. The van der Waals surface area contributed by atoms with Crippen LogP contribution >= 0.6 is 11.6 Å². The first kappa shape index (κ1) is 24.6. The molecule has 1 unspecified atom stereocenters. The first-order valence-corrected chi connectivity index (χ1v) is 13.5. The minimum atomic E-state index is -1.53. The van der Waals surface area contributed by atoms with Crippen molar-refractivity contribution < 1.29 is 19.1 Å². The monoisotopic (exact) mass is 545 g/mol. The van der Waals surface area contributed by atoms with Crippen LogP contribution < -0.4 is 9.64 Å². The molecule has 0 radical (unpaired) electrons. The molecule has 5 nitrogen and oxygen atoms in total. The standard InChI is InChI=1S/C34H24ClNO4/c1-40-24-17-12-21(13-18-24)29-30(31(37)22-10-15-23(35)16-11-22)36-27-9-5-2-6-20(27)14-19-28(36)34(29)32(38)25-7-3-4-8-26(25)33(34)39/h2-19,28-30H,1H3/t28?,29-,30+/m0/s1. The average Bonchev–Trinajstić information content (AvgIpc) is 3.43. The van der Waals surface area contributed by atoms with Crippen LogP contribution in [0, 0.1) is 5.41 Å². The van der Waals surface area contributed by atoms with Gasteiger partial charge in [0.1, 0.15) is 17.2 Å². The minimum absolute atomic E-state index is 0.180. The van der Waals surface area contributed by atoms with Gasteiger partial charge in [-0.2, -0.15) is 0 Å². The van der Waals surface area contributed by atoms with Crippen LogP contribution in [0.3, 0.4) is 0 Å². The van der Waals surface area contributed by atoms with Gasteiger partial charge < -0.3 is 9.64 Å². The van der Waals surface area contributed by atoms with Gasteiger partial charge in [-0.3, -0.25) is 14.4 Å². The molecular formula is C34H24ClNO4. The highest BCUT2D eigenvalue weighted by molar-refractivity contribution is 6.32. The van der Waals surface area contributed by atoms with E-state index < -0.39 is 23.4 Å². The van der Waals surface area contributed by atoms with Crippen molar-refractivity contribution in [1.82, 2.24) is 0 Å². The normalized spacial score (nSPS) is 21.8. The van der Waals surface area contributed by atoms with Crippen LogP contribution in [0.5, 0.6) is 5.75 Å². The smallest absolute Gasteiger partial charge is 0.185 e. The van der Waals surface area contributed by atoms with Crippen LogP contribution in [0.2, 0.25) is 5.02 Å². The van der Waals surface area contributed by atoms with E-state index in [-0.39, 0.29) is 17.3 Å². The van der Waals surface area contributed by atoms with Gasteiger partial charge in [-0.25, -0.2) is 0 Å². The molecule has 0 saturated carbocycles. The van der Waals surface area contributed by atoms with Crippen LogP contribution in [-0.4, -0.2) is 36.5 Å². The number of ether oxygens (including phenoxy) is 1. The zero-order valence-corrected chi connectivity index (χ0v) is 22.3. The topological polar surface area (TPSA) is 63.7 Å². The summed E-state index contributed by atoms with van der Waals surface area (Å²) >= 11 is 6.16. The van der Waals surface area contributed by atoms with Crippen molar-refractivity contribution in [3.05, 3.63) is 136 Å². The number of halogens is 1. The number of carbonyl (C=O) groups is 3. The number of methoxy groups -OCH3 is 1. The third-order valence-electron chi connectivity index (χ3n) is 8.59. The third kappa shape index (κ3) is 3.24. The lowest BCUT2D eigenvalue weighted by Crippen LogP contribution is -2.48. The molecule has 2 aliphatic heterocycles. The second-order valence-corrected chi connectivity index (χ2v) is 10.8. The fourth-order valence-corrected chi connectivity index (χ4v) is 7.01. The van der Waals surface area contributed by atoms with Gasteiger partial charge in [0.25, 0.3) is 0 Å². The first-order chi connectivity index (χ1) is 19.5. The molecule has 4 aromatic rings. The van der Waals surface area contributed by atoms with E-state index in [1.165, 1.54) is 0 Å². The first-order valence-electron chi connectivity index (χ1n) is 13.1. The third-order valence-corrected chi connectivity index (χ3v) is 8.84. The zero-order valence-electron chi connectivity index (χ0n) is 21.6. The van der Waals surface area contributed by atoms with Gasteiger partial charge >= 0.3 is 0 Å². The maximum atomic E-state index is 14.6. The number of benzene rings is 4. The second-order valence-electron chi connectivity index (χ2n) is 10.4. The van der Waals surface area contributed by atoms with Crippen molar-refractivity contribution in [3.8, 4) is 5.75 Å². The van der Waals surface area contributed by atoms with Crippen molar-refractivity contribution in [2.75, 3.05) is 12.0 Å². The summed E-state index contributed by atoms with van der Waals surface area (Å²) in [5.41, 5.74) is 2.20. The Morgan fingerprint density at radius 1 is 0.825 bits per heavy atom. The number of ketones is 3. The molecule has 0 bridgehead atoms. The summed E-state index contributed by atoms with van der Waals surface area (Å²) in [5.74, 6) is -0.804. The Kier molecular flexibility index (Phi) is 5.55. The van der Waals surface area contributed by atoms with Gasteiger partial charge in [-0.15, -0.1) is 0 Å². The van der Waals surface area contributed by atoms with Gasteiger partial charge in [0, 0.05) is 33.3 Å². The number of hydrogen-bond donors (Lipinski definition) is 0.